The third-order valence-corrected chi connectivity index (χ3v) is 4.39. The van der Waals surface area contributed by atoms with Crippen LogP contribution in [0.3, 0.4) is 0 Å². The molecule has 2 rings (SSSR count). The van der Waals surface area contributed by atoms with Crippen LogP contribution >= 0.6 is 11.3 Å². The van der Waals surface area contributed by atoms with Gasteiger partial charge in [-0.25, -0.2) is 0 Å². The molecular formula is C13H23N3S. The standard InChI is InChI=1S/C13H23N3S/c1-12-10-17-11-13(12)9-14-3-4-16-7-5-15(2)6-8-16/h10-11,14H,3-9H2,1-2H3. The van der Waals surface area contributed by atoms with Gasteiger partial charge in [-0.15, -0.1) is 0 Å². The van der Waals surface area contributed by atoms with E-state index in [0.717, 1.165) is 13.1 Å². The molecule has 1 aromatic rings. The molecule has 0 atom stereocenters. The second-order valence-electron chi connectivity index (χ2n) is 4.90. The summed E-state index contributed by atoms with van der Waals surface area (Å²) in [5, 5.41) is 8.01. The molecule has 0 amide bonds. The number of rotatable bonds is 5. The van der Waals surface area contributed by atoms with E-state index in [-0.39, 0.29) is 0 Å². The molecular weight excluding hydrogens is 230 g/mol. The first kappa shape index (κ1) is 13.0. The summed E-state index contributed by atoms with van der Waals surface area (Å²) in [6.45, 7) is 10.3. The van der Waals surface area contributed by atoms with Crippen LogP contribution in [-0.2, 0) is 6.54 Å². The average Bonchev–Trinajstić information content (AvgIpc) is 2.73. The Morgan fingerprint density at radius 1 is 1.24 bits per heavy atom. The fourth-order valence-corrected chi connectivity index (χ4v) is 2.96. The summed E-state index contributed by atoms with van der Waals surface area (Å²) in [6.07, 6.45) is 0. The van der Waals surface area contributed by atoms with Crippen molar-refractivity contribution in [1.29, 1.82) is 0 Å². The fourth-order valence-electron chi connectivity index (χ4n) is 2.10. The Bertz CT molecular complexity index is 329. The third kappa shape index (κ3) is 4.07. The van der Waals surface area contributed by atoms with Crippen molar-refractivity contribution in [3.63, 3.8) is 0 Å². The van der Waals surface area contributed by atoms with Gasteiger partial charge in [-0.3, -0.25) is 4.90 Å². The molecule has 0 unspecified atom stereocenters. The van der Waals surface area contributed by atoms with E-state index in [1.807, 2.05) is 0 Å². The number of likely N-dealkylation sites (N-methyl/N-ethyl adjacent to an activating group) is 1. The summed E-state index contributed by atoms with van der Waals surface area (Å²) < 4.78 is 0. The number of hydrogen-bond acceptors (Lipinski definition) is 4. The van der Waals surface area contributed by atoms with Crippen molar-refractivity contribution in [3.8, 4) is 0 Å². The van der Waals surface area contributed by atoms with Crippen LogP contribution < -0.4 is 5.32 Å². The van der Waals surface area contributed by atoms with E-state index >= 15 is 0 Å². The molecule has 1 N–H and O–H groups in total. The van der Waals surface area contributed by atoms with Gasteiger partial charge in [0.15, 0.2) is 0 Å². The predicted molar refractivity (Wildman–Crippen MR) is 74.7 cm³/mol. The number of hydrogen-bond donors (Lipinski definition) is 1. The fraction of sp³-hybridized carbons (Fsp3) is 0.692. The summed E-state index contributed by atoms with van der Waals surface area (Å²) >= 11 is 1.80. The molecule has 1 saturated heterocycles. The zero-order valence-corrected chi connectivity index (χ0v) is 11.7. The Labute approximate surface area is 108 Å². The van der Waals surface area contributed by atoms with E-state index < -0.39 is 0 Å². The van der Waals surface area contributed by atoms with Crippen LogP contribution in [0, 0.1) is 6.92 Å². The molecule has 0 aliphatic carbocycles. The summed E-state index contributed by atoms with van der Waals surface area (Å²) in [7, 11) is 2.20. The lowest BCUT2D eigenvalue weighted by atomic mass is 10.2. The van der Waals surface area contributed by atoms with E-state index in [0.29, 0.717) is 0 Å². The predicted octanol–water partition coefficient (Wildman–Crippen LogP) is 1.39. The van der Waals surface area contributed by atoms with Gasteiger partial charge >= 0.3 is 0 Å². The molecule has 4 heteroatoms. The first-order valence-corrected chi connectivity index (χ1v) is 7.33. The minimum Gasteiger partial charge on any atom is -0.311 e. The van der Waals surface area contributed by atoms with Crippen molar-refractivity contribution >= 4 is 11.3 Å². The van der Waals surface area contributed by atoms with Gasteiger partial charge in [0.1, 0.15) is 0 Å². The Morgan fingerprint density at radius 2 is 2.00 bits per heavy atom. The van der Waals surface area contributed by atoms with E-state index in [1.165, 1.54) is 43.9 Å². The zero-order valence-electron chi connectivity index (χ0n) is 10.9. The quantitative estimate of drug-likeness (QED) is 0.800. The molecule has 1 fully saturated rings. The normalized spacial score (nSPS) is 18.7. The van der Waals surface area contributed by atoms with Crippen molar-refractivity contribution in [2.75, 3.05) is 46.3 Å². The minimum atomic E-state index is 1.02. The highest BCUT2D eigenvalue weighted by atomic mass is 32.1. The first-order chi connectivity index (χ1) is 8.25. The van der Waals surface area contributed by atoms with Crippen LogP contribution in [0.1, 0.15) is 11.1 Å². The molecule has 96 valence electrons. The zero-order chi connectivity index (χ0) is 12.1. The highest BCUT2D eigenvalue weighted by Crippen LogP contribution is 2.12. The third-order valence-electron chi connectivity index (χ3n) is 3.48. The van der Waals surface area contributed by atoms with Crippen molar-refractivity contribution in [2.45, 2.75) is 13.5 Å². The Balaban J connectivity index is 1.59. The van der Waals surface area contributed by atoms with Crippen LogP contribution in [0.4, 0.5) is 0 Å². The molecule has 1 aliphatic heterocycles. The maximum Gasteiger partial charge on any atom is 0.0216 e. The van der Waals surface area contributed by atoms with Crippen molar-refractivity contribution in [1.82, 2.24) is 15.1 Å². The average molecular weight is 253 g/mol. The molecule has 1 aliphatic rings. The van der Waals surface area contributed by atoms with Crippen LogP contribution in [0.25, 0.3) is 0 Å². The monoisotopic (exact) mass is 253 g/mol. The second-order valence-corrected chi connectivity index (χ2v) is 5.65. The summed E-state index contributed by atoms with van der Waals surface area (Å²) in [4.78, 5) is 4.95. The molecule has 0 spiro atoms. The minimum absolute atomic E-state index is 1.02. The number of nitrogens with zero attached hydrogens (tertiary/aromatic N) is 2. The molecule has 1 aromatic heterocycles. The van der Waals surface area contributed by atoms with Gasteiger partial charge in [-0.2, -0.15) is 11.3 Å². The molecule has 17 heavy (non-hydrogen) atoms. The lowest BCUT2D eigenvalue weighted by molar-refractivity contribution is 0.154. The number of thiophene rings is 1. The largest absolute Gasteiger partial charge is 0.311 e. The van der Waals surface area contributed by atoms with Gasteiger partial charge in [0.2, 0.25) is 0 Å². The molecule has 0 aromatic carbocycles. The van der Waals surface area contributed by atoms with Gasteiger partial charge in [0.05, 0.1) is 0 Å². The van der Waals surface area contributed by atoms with Gasteiger partial charge in [-0.05, 0) is 35.9 Å². The van der Waals surface area contributed by atoms with Crippen LogP contribution in [-0.4, -0.2) is 56.1 Å². The molecule has 0 radical (unpaired) electrons. The SMILES string of the molecule is Cc1cscc1CNCCN1CCN(C)CC1. The van der Waals surface area contributed by atoms with E-state index in [4.69, 9.17) is 0 Å². The van der Waals surface area contributed by atoms with Gasteiger partial charge in [0, 0.05) is 45.8 Å². The summed E-state index contributed by atoms with van der Waals surface area (Å²) in [6, 6.07) is 0. The van der Waals surface area contributed by atoms with E-state index in [2.05, 4.69) is 39.8 Å². The number of aryl methyl sites for hydroxylation is 1. The number of nitrogens with one attached hydrogen (secondary N) is 1. The lowest BCUT2D eigenvalue weighted by Crippen LogP contribution is -2.46. The van der Waals surface area contributed by atoms with E-state index in [9.17, 15) is 0 Å². The number of piperazine rings is 1. The van der Waals surface area contributed by atoms with E-state index in [1.54, 1.807) is 11.3 Å². The Hall–Kier alpha value is -0.420. The van der Waals surface area contributed by atoms with Gasteiger partial charge in [0.25, 0.3) is 0 Å². The molecule has 0 saturated carbocycles. The van der Waals surface area contributed by atoms with Crippen molar-refractivity contribution in [3.05, 3.63) is 21.9 Å². The smallest absolute Gasteiger partial charge is 0.0216 e. The Morgan fingerprint density at radius 3 is 2.65 bits per heavy atom. The van der Waals surface area contributed by atoms with Crippen molar-refractivity contribution < 1.29 is 0 Å². The molecule has 2 heterocycles. The summed E-state index contributed by atoms with van der Waals surface area (Å²) in [5.74, 6) is 0. The van der Waals surface area contributed by atoms with Crippen molar-refractivity contribution in [2.24, 2.45) is 0 Å². The van der Waals surface area contributed by atoms with Gasteiger partial charge < -0.3 is 10.2 Å². The highest BCUT2D eigenvalue weighted by molar-refractivity contribution is 7.08. The maximum atomic E-state index is 3.54. The second kappa shape index (κ2) is 6.50. The Kier molecular flexibility index (Phi) is 4.98. The lowest BCUT2D eigenvalue weighted by Gasteiger charge is -2.32. The summed E-state index contributed by atoms with van der Waals surface area (Å²) in [5.41, 5.74) is 2.87. The van der Waals surface area contributed by atoms with Gasteiger partial charge in [-0.1, -0.05) is 0 Å². The van der Waals surface area contributed by atoms with Crippen LogP contribution in [0.5, 0.6) is 0 Å². The maximum absolute atomic E-state index is 3.54. The topological polar surface area (TPSA) is 18.5 Å². The molecule has 0 bridgehead atoms. The molecule has 3 nitrogen and oxygen atoms in total. The van der Waals surface area contributed by atoms with Crippen LogP contribution in [0.2, 0.25) is 0 Å². The van der Waals surface area contributed by atoms with Crippen LogP contribution in [0.15, 0.2) is 10.8 Å². The first-order valence-electron chi connectivity index (χ1n) is 6.39. The highest BCUT2D eigenvalue weighted by Gasteiger charge is 2.12.